The second kappa shape index (κ2) is 5.19. The molecule has 0 spiro atoms. The Morgan fingerprint density at radius 2 is 2.29 bits per heavy atom. The quantitative estimate of drug-likeness (QED) is 0.794. The molecular weight excluding hydrogens is 216 g/mol. The van der Waals surface area contributed by atoms with Crippen molar-refractivity contribution in [3.05, 3.63) is 29.8 Å². The maximum Gasteiger partial charge on any atom is 0.227 e. The number of rotatable bonds is 2. The van der Waals surface area contributed by atoms with E-state index in [2.05, 4.69) is 5.32 Å². The third kappa shape index (κ3) is 2.77. The molecule has 0 aromatic heterocycles. The van der Waals surface area contributed by atoms with Crippen molar-refractivity contribution in [2.45, 2.75) is 19.4 Å². The van der Waals surface area contributed by atoms with Gasteiger partial charge in [0.05, 0.1) is 6.42 Å². The fourth-order valence-corrected chi connectivity index (χ4v) is 2.14. The van der Waals surface area contributed by atoms with E-state index >= 15 is 0 Å². The summed E-state index contributed by atoms with van der Waals surface area (Å²) in [6.07, 6.45) is 0.275. The monoisotopic (exact) mass is 234 g/mol. The first-order valence-electron chi connectivity index (χ1n) is 5.95. The Balaban J connectivity index is 2.03. The summed E-state index contributed by atoms with van der Waals surface area (Å²) in [5.41, 5.74) is 0.697. The number of carbonyl (C=O) groups is 1. The number of piperazine rings is 1. The van der Waals surface area contributed by atoms with Gasteiger partial charge in [-0.15, -0.1) is 0 Å². The molecule has 1 aromatic rings. The lowest BCUT2D eigenvalue weighted by molar-refractivity contribution is -0.133. The molecule has 1 amide bonds. The standard InChI is InChI=1S/C13H18N2O2/c1-10-9-14-6-7-15(10)13(17)8-11-4-2-3-5-12(11)16/h2-5,10,14,16H,6-9H2,1H3. The highest BCUT2D eigenvalue weighted by Crippen LogP contribution is 2.17. The Hall–Kier alpha value is -1.55. The van der Waals surface area contributed by atoms with E-state index in [0.717, 1.165) is 19.6 Å². The van der Waals surface area contributed by atoms with Gasteiger partial charge in [0, 0.05) is 31.2 Å². The maximum atomic E-state index is 12.1. The number of nitrogens with zero attached hydrogens (tertiary/aromatic N) is 1. The molecule has 4 heteroatoms. The second-order valence-electron chi connectivity index (χ2n) is 4.45. The molecule has 1 heterocycles. The van der Waals surface area contributed by atoms with Crippen LogP contribution in [0.4, 0.5) is 0 Å². The number of aromatic hydroxyl groups is 1. The molecule has 1 aromatic carbocycles. The van der Waals surface area contributed by atoms with Crippen molar-refractivity contribution in [2.75, 3.05) is 19.6 Å². The molecule has 1 unspecified atom stereocenters. The molecule has 0 saturated carbocycles. The molecule has 17 heavy (non-hydrogen) atoms. The number of phenolic OH excluding ortho intramolecular Hbond substituents is 1. The molecule has 1 atom stereocenters. The van der Waals surface area contributed by atoms with E-state index in [4.69, 9.17) is 0 Å². The van der Waals surface area contributed by atoms with Crippen molar-refractivity contribution in [2.24, 2.45) is 0 Å². The molecule has 2 N–H and O–H groups in total. The summed E-state index contributed by atoms with van der Waals surface area (Å²) >= 11 is 0. The number of amides is 1. The van der Waals surface area contributed by atoms with Gasteiger partial charge in [0.2, 0.25) is 5.91 Å². The number of benzene rings is 1. The van der Waals surface area contributed by atoms with Gasteiger partial charge < -0.3 is 15.3 Å². The van der Waals surface area contributed by atoms with E-state index < -0.39 is 0 Å². The van der Waals surface area contributed by atoms with Gasteiger partial charge in [0.1, 0.15) is 5.75 Å². The van der Waals surface area contributed by atoms with Crippen molar-refractivity contribution in [1.29, 1.82) is 0 Å². The van der Waals surface area contributed by atoms with Gasteiger partial charge in [-0.05, 0) is 13.0 Å². The van der Waals surface area contributed by atoms with Crippen molar-refractivity contribution < 1.29 is 9.90 Å². The zero-order valence-corrected chi connectivity index (χ0v) is 10.0. The van der Waals surface area contributed by atoms with E-state index in [-0.39, 0.29) is 24.1 Å². The van der Waals surface area contributed by atoms with Crippen molar-refractivity contribution in [1.82, 2.24) is 10.2 Å². The van der Waals surface area contributed by atoms with Crippen LogP contribution in [0.1, 0.15) is 12.5 Å². The van der Waals surface area contributed by atoms with Crippen LogP contribution in [0.5, 0.6) is 5.75 Å². The molecular formula is C13H18N2O2. The van der Waals surface area contributed by atoms with Gasteiger partial charge in [-0.1, -0.05) is 18.2 Å². The number of hydrogen-bond donors (Lipinski definition) is 2. The minimum absolute atomic E-state index is 0.0838. The van der Waals surface area contributed by atoms with Crippen LogP contribution in [-0.2, 0) is 11.2 Å². The smallest absolute Gasteiger partial charge is 0.227 e. The van der Waals surface area contributed by atoms with Crippen LogP contribution in [0.2, 0.25) is 0 Å². The van der Waals surface area contributed by atoms with Gasteiger partial charge in [0.15, 0.2) is 0 Å². The average molecular weight is 234 g/mol. The van der Waals surface area contributed by atoms with E-state index in [9.17, 15) is 9.90 Å². The highest BCUT2D eigenvalue weighted by molar-refractivity contribution is 5.79. The average Bonchev–Trinajstić information content (AvgIpc) is 2.32. The topological polar surface area (TPSA) is 52.6 Å². The predicted molar refractivity (Wildman–Crippen MR) is 65.9 cm³/mol. The lowest BCUT2D eigenvalue weighted by Gasteiger charge is -2.34. The van der Waals surface area contributed by atoms with Crippen LogP contribution >= 0.6 is 0 Å². The first-order valence-corrected chi connectivity index (χ1v) is 5.95. The molecule has 4 nitrogen and oxygen atoms in total. The lowest BCUT2D eigenvalue weighted by Crippen LogP contribution is -2.52. The lowest BCUT2D eigenvalue weighted by atomic mass is 10.1. The number of carbonyl (C=O) groups excluding carboxylic acids is 1. The fraction of sp³-hybridized carbons (Fsp3) is 0.462. The van der Waals surface area contributed by atoms with E-state index in [1.807, 2.05) is 17.9 Å². The Bertz CT molecular complexity index is 406. The minimum Gasteiger partial charge on any atom is -0.508 e. The van der Waals surface area contributed by atoms with Crippen LogP contribution < -0.4 is 5.32 Å². The normalized spacial score (nSPS) is 20.3. The van der Waals surface area contributed by atoms with Crippen molar-refractivity contribution in [3.63, 3.8) is 0 Å². The summed E-state index contributed by atoms with van der Waals surface area (Å²) in [5, 5.41) is 12.9. The first-order chi connectivity index (χ1) is 8.18. The summed E-state index contributed by atoms with van der Waals surface area (Å²) in [6, 6.07) is 7.23. The predicted octanol–water partition coefficient (Wildman–Crippen LogP) is 0.755. The molecule has 92 valence electrons. The molecule has 1 aliphatic heterocycles. The first kappa shape index (κ1) is 11.9. The number of nitrogens with one attached hydrogen (secondary N) is 1. The van der Waals surface area contributed by atoms with Crippen LogP contribution in [0.3, 0.4) is 0 Å². The summed E-state index contributed by atoms with van der Waals surface area (Å²) in [6.45, 7) is 4.46. The van der Waals surface area contributed by atoms with Crippen LogP contribution in [0.15, 0.2) is 24.3 Å². The van der Waals surface area contributed by atoms with Crippen molar-refractivity contribution >= 4 is 5.91 Å². The Labute approximate surface area is 101 Å². The minimum atomic E-state index is 0.0838. The van der Waals surface area contributed by atoms with Crippen LogP contribution in [0, 0.1) is 0 Å². The third-order valence-corrected chi connectivity index (χ3v) is 3.15. The molecule has 0 aliphatic carbocycles. The van der Waals surface area contributed by atoms with Crippen molar-refractivity contribution in [3.8, 4) is 5.75 Å². The summed E-state index contributed by atoms with van der Waals surface area (Å²) in [5.74, 6) is 0.282. The molecule has 0 bridgehead atoms. The largest absolute Gasteiger partial charge is 0.508 e. The van der Waals surface area contributed by atoms with Gasteiger partial charge in [-0.3, -0.25) is 4.79 Å². The van der Waals surface area contributed by atoms with Gasteiger partial charge in [-0.25, -0.2) is 0 Å². The van der Waals surface area contributed by atoms with Gasteiger partial charge >= 0.3 is 0 Å². The Morgan fingerprint density at radius 3 is 3.00 bits per heavy atom. The zero-order valence-electron chi connectivity index (χ0n) is 10.0. The summed E-state index contributed by atoms with van der Waals surface area (Å²) in [4.78, 5) is 14.0. The number of hydrogen-bond acceptors (Lipinski definition) is 3. The second-order valence-corrected chi connectivity index (χ2v) is 4.45. The summed E-state index contributed by atoms with van der Waals surface area (Å²) in [7, 11) is 0. The number of para-hydroxylation sites is 1. The molecule has 1 aliphatic rings. The zero-order chi connectivity index (χ0) is 12.3. The Morgan fingerprint density at radius 1 is 1.53 bits per heavy atom. The fourth-order valence-electron chi connectivity index (χ4n) is 2.14. The van der Waals surface area contributed by atoms with E-state index in [1.165, 1.54) is 0 Å². The Kier molecular flexibility index (Phi) is 3.64. The van der Waals surface area contributed by atoms with E-state index in [1.54, 1.807) is 18.2 Å². The SMILES string of the molecule is CC1CNCCN1C(=O)Cc1ccccc1O. The summed E-state index contributed by atoms with van der Waals surface area (Å²) < 4.78 is 0. The van der Waals surface area contributed by atoms with Crippen LogP contribution in [-0.4, -0.2) is 41.6 Å². The molecule has 1 fully saturated rings. The van der Waals surface area contributed by atoms with Gasteiger partial charge in [-0.2, -0.15) is 0 Å². The molecule has 0 radical (unpaired) electrons. The molecule has 2 rings (SSSR count). The highest BCUT2D eigenvalue weighted by atomic mass is 16.3. The van der Waals surface area contributed by atoms with Gasteiger partial charge in [0.25, 0.3) is 0 Å². The third-order valence-electron chi connectivity index (χ3n) is 3.15. The molecule has 1 saturated heterocycles. The highest BCUT2D eigenvalue weighted by Gasteiger charge is 2.23. The number of phenols is 1. The van der Waals surface area contributed by atoms with Crippen LogP contribution in [0.25, 0.3) is 0 Å². The maximum absolute atomic E-state index is 12.1. The van der Waals surface area contributed by atoms with E-state index in [0.29, 0.717) is 5.56 Å².